The quantitative estimate of drug-likeness (QED) is 0.348. The highest BCUT2D eigenvalue weighted by Crippen LogP contribution is 2.39. The number of benzene rings is 3. The van der Waals surface area contributed by atoms with Crippen LogP contribution in [0.5, 0.6) is 17.2 Å². The minimum atomic E-state index is -0.369. The molecule has 0 bridgehead atoms. The van der Waals surface area contributed by atoms with E-state index >= 15 is 0 Å². The lowest BCUT2D eigenvalue weighted by Gasteiger charge is -2.14. The Morgan fingerprint density at radius 2 is 1.68 bits per heavy atom. The maximum atomic E-state index is 12.9. The summed E-state index contributed by atoms with van der Waals surface area (Å²) >= 11 is 13.1. The van der Waals surface area contributed by atoms with Crippen LogP contribution < -0.4 is 14.2 Å². The molecule has 0 radical (unpaired) electrons. The standard InChI is InChI=1S/C25H17Cl2NO5S/c26-18-5-1-16(2-6-18)13-31-19-7-3-15(4-8-19)9-23-24(29)28(25(30)34-23)12-17-10-21-22(11-20(17)27)33-14-32-21/h1-11H,12-14H2/b23-9-. The van der Waals surface area contributed by atoms with Gasteiger partial charge in [-0.2, -0.15) is 0 Å². The monoisotopic (exact) mass is 513 g/mol. The Bertz CT molecular complexity index is 1290. The second-order valence-electron chi connectivity index (χ2n) is 7.55. The summed E-state index contributed by atoms with van der Waals surface area (Å²) in [5.74, 6) is 1.41. The summed E-state index contributed by atoms with van der Waals surface area (Å²) < 4.78 is 16.5. The van der Waals surface area contributed by atoms with E-state index in [1.807, 2.05) is 48.5 Å². The lowest BCUT2D eigenvalue weighted by atomic mass is 10.1. The van der Waals surface area contributed by atoms with E-state index < -0.39 is 0 Å². The highest BCUT2D eigenvalue weighted by Gasteiger charge is 2.35. The molecule has 6 nitrogen and oxygen atoms in total. The summed E-state index contributed by atoms with van der Waals surface area (Å²) in [5.41, 5.74) is 2.40. The van der Waals surface area contributed by atoms with Crippen molar-refractivity contribution in [3.63, 3.8) is 0 Å². The number of hydrogen-bond donors (Lipinski definition) is 0. The average Bonchev–Trinajstić information content (AvgIpc) is 3.39. The number of halogens is 2. The van der Waals surface area contributed by atoms with Gasteiger partial charge in [-0.05, 0) is 64.9 Å². The Labute approximate surface area is 210 Å². The van der Waals surface area contributed by atoms with Gasteiger partial charge in [-0.3, -0.25) is 14.5 Å². The lowest BCUT2D eigenvalue weighted by molar-refractivity contribution is -0.123. The smallest absolute Gasteiger partial charge is 0.293 e. The van der Waals surface area contributed by atoms with Crippen LogP contribution in [-0.4, -0.2) is 22.8 Å². The van der Waals surface area contributed by atoms with Crippen LogP contribution in [0.3, 0.4) is 0 Å². The second kappa shape index (κ2) is 9.62. The number of thioether (sulfide) groups is 1. The van der Waals surface area contributed by atoms with Gasteiger partial charge in [-0.15, -0.1) is 0 Å². The van der Waals surface area contributed by atoms with Crippen molar-refractivity contribution < 1.29 is 23.8 Å². The predicted octanol–water partition coefficient (Wildman–Crippen LogP) is 6.54. The largest absolute Gasteiger partial charge is 0.489 e. The van der Waals surface area contributed by atoms with Gasteiger partial charge in [0.25, 0.3) is 11.1 Å². The van der Waals surface area contributed by atoms with E-state index in [1.54, 1.807) is 18.2 Å². The molecule has 34 heavy (non-hydrogen) atoms. The maximum Gasteiger partial charge on any atom is 0.293 e. The first kappa shape index (κ1) is 22.7. The SMILES string of the molecule is O=C1S/C(=C\c2ccc(OCc3ccc(Cl)cc3)cc2)C(=O)N1Cc1cc2c(cc1Cl)OCO2. The first-order valence-electron chi connectivity index (χ1n) is 10.3. The first-order chi connectivity index (χ1) is 16.5. The Morgan fingerprint density at radius 3 is 2.41 bits per heavy atom. The third kappa shape index (κ3) is 4.87. The number of nitrogens with zero attached hydrogens (tertiary/aromatic N) is 1. The van der Waals surface area contributed by atoms with Crippen LogP contribution in [0.1, 0.15) is 16.7 Å². The molecule has 0 N–H and O–H groups in total. The highest BCUT2D eigenvalue weighted by molar-refractivity contribution is 8.18. The summed E-state index contributed by atoms with van der Waals surface area (Å²) in [6.45, 7) is 0.581. The normalized spacial score (nSPS) is 15.9. The number of imide groups is 1. The Hall–Kier alpha value is -3.13. The van der Waals surface area contributed by atoms with E-state index in [1.165, 1.54) is 4.90 Å². The topological polar surface area (TPSA) is 65.1 Å². The van der Waals surface area contributed by atoms with Gasteiger partial charge in [0.05, 0.1) is 11.4 Å². The molecule has 3 aromatic carbocycles. The molecule has 2 aliphatic rings. The predicted molar refractivity (Wildman–Crippen MR) is 131 cm³/mol. The molecule has 0 saturated carbocycles. The fourth-order valence-electron chi connectivity index (χ4n) is 3.45. The van der Waals surface area contributed by atoms with E-state index in [0.29, 0.717) is 44.4 Å². The minimum absolute atomic E-state index is 0.0506. The van der Waals surface area contributed by atoms with Crippen molar-refractivity contribution >= 4 is 52.2 Å². The molecule has 1 saturated heterocycles. The maximum absolute atomic E-state index is 12.9. The second-order valence-corrected chi connectivity index (χ2v) is 9.39. The molecule has 3 aromatic rings. The third-order valence-corrected chi connectivity index (χ3v) is 6.75. The van der Waals surface area contributed by atoms with Crippen molar-refractivity contribution in [3.05, 3.63) is 92.3 Å². The molecule has 9 heteroatoms. The van der Waals surface area contributed by atoms with Crippen molar-refractivity contribution in [1.29, 1.82) is 0 Å². The first-order valence-corrected chi connectivity index (χ1v) is 11.8. The van der Waals surface area contributed by atoms with Crippen molar-refractivity contribution in [2.24, 2.45) is 0 Å². The van der Waals surface area contributed by atoms with Gasteiger partial charge in [0, 0.05) is 16.1 Å². The molecule has 0 spiro atoms. The third-order valence-electron chi connectivity index (χ3n) is 5.24. The van der Waals surface area contributed by atoms with Gasteiger partial charge in [0.15, 0.2) is 11.5 Å². The van der Waals surface area contributed by atoms with Gasteiger partial charge in [0.1, 0.15) is 12.4 Å². The van der Waals surface area contributed by atoms with Crippen LogP contribution in [-0.2, 0) is 17.9 Å². The molecule has 5 rings (SSSR count). The van der Waals surface area contributed by atoms with E-state index in [4.69, 9.17) is 37.4 Å². The zero-order chi connectivity index (χ0) is 23.7. The lowest BCUT2D eigenvalue weighted by Crippen LogP contribution is -2.27. The number of hydrogen-bond acceptors (Lipinski definition) is 6. The van der Waals surface area contributed by atoms with Gasteiger partial charge in [0.2, 0.25) is 6.79 Å². The minimum Gasteiger partial charge on any atom is -0.489 e. The van der Waals surface area contributed by atoms with Crippen LogP contribution in [0.4, 0.5) is 4.79 Å². The molecule has 2 amide bonds. The molecule has 2 heterocycles. The summed E-state index contributed by atoms with van der Waals surface area (Å²) in [6.07, 6.45) is 1.69. The zero-order valence-electron chi connectivity index (χ0n) is 17.6. The highest BCUT2D eigenvalue weighted by atomic mass is 35.5. The van der Waals surface area contributed by atoms with Crippen LogP contribution >= 0.6 is 35.0 Å². The summed E-state index contributed by atoms with van der Waals surface area (Å²) in [5, 5.41) is 0.728. The van der Waals surface area contributed by atoms with Crippen molar-refractivity contribution in [2.45, 2.75) is 13.2 Å². The van der Waals surface area contributed by atoms with E-state index in [0.717, 1.165) is 22.9 Å². The Morgan fingerprint density at radius 1 is 0.971 bits per heavy atom. The molecule has 0 aromatic heterocycles. The number of rotatable bonds is 6. The Balaban J connectivity index is 1.25. The number of amides is 2. The van der Waals surface area contributed by atoms with Crippen molar-refractivity contribution in [3.8, 4) is 17.2 Å². The van der Waals surface area contributed by atoms with E-state index in [-0.39, 0.29) is 24.5 Å². The molecule has 0 atom stereocenters. The van der Waals surface area contributed by atoms with E-state index in [9.17, 15) is 9.59 Å². The van der Waals surface area contributed by atoms with Crippen LogP contribution in [0.2, 0.25) is 10.0 Å². The number of carbonyl (C=O) groups excluding carboxylic acids is 2. The molecular formula is C25H17Cl2NO5S. The molecule has 1 fully saturated rings. The zero-order valence-corrected chi connectivity index (χ0v) is 20.0. The van der Waals surface area contributed by atoms with Gasteiger partial charge < -0.3 is 14.2 Å². The number of fused-ring (bicyclic) bond motifs is 1. The molecule has 0 aliphatic carbocycles. The average molecular weight is 514 g/mol. The fourth-order valence-corrected chi connectivity index (χ4v) is 4.62. The van der Waals surface area contributed by atoms with Crippen molar-refractivity contribution in [1.82, 2.24) is 4.90 Å². The van der Waals surface area contributed by atoms with Gasteiger partial charge in [-0.25, -0.2) is 0 Å². The Kier molecular flexibility index (Phi) is 6.41. The number of ether oxygens (including phenoxy) is 3. The molecule has 2 aliphatic heterocycles. The van der Waals surface area contributed by atoms with Crippen LogP contribution in [0.25, 0.3) is 6.08 Å². The van der Waals surface area contributed by atoms with Crippen LogP contribution in [0, 0.1) is 0 Å². The summed E-state index contributed by atoms with van der Waals surface area (Å²) in [7, 11) is 0. The van der Waals surface area contributed by atoms with E-state index in [2.05, 4.69) is 0 Å². The molecular weight excluding hydrogens is 497 g/mol. The summed E-state index contributed by atoms with van der Waals surface area (Å²) in [4.78, 5) is 26.9. The van der Waals surface area contributed by atoms with Crippen LogP contribution in [0.15, 0.2) is 65.6 Å². The van der Waals surface area contributed by atoms with Gasteiger partial charge >= 0.3 is 0 Å². The van der Waals surface area contributed by atoms with Gasteiger partial charge in [-0.1, -0.05) is 47.5 Å². The molecule has 172 valence electrons. The summed E-state index contributed by atoms with van der Waals surface area (Å²) in [6, 6.07) is 18.1. The molecule has 0 unspecified atom stereocenters. The number of carbonyl (C=O) groups is 2. The van der Waals surface area contributed by atoms with Crippen molar-refractivity contribution in [2.75, 3.05) is 6.79 Å². The fraction of sp³-hybridized carbons (Fsp3) is 0.120.